The number of rotatable bonds is 5. The summed E-state index contributed by atoms with van der Waals surface area (Å²) in [4.78, 5) is 24.7. The molecule has 0 aliphatic rings. The molecule has 0 aliphatic heterocycles. The van der Waals surface area contributed by atoms with E-state index in [0.717, 1.165) is 5.56 Å². The Bertz CT molecular complexity index is 966. The Morgan fingerprint density at radius 2 is 1.88 bits per heavy atom. The molecule has 0 saturated carbocycles. The van der Waals surface area contributed by atoms with E-state index in [0.29, 0.717) is 23.0 Å². The zero-order chi connectivity index (χ0) is 18.5. The van der Waals surface area contributed by atoms with E-state index < -0.39 is 0 Å². The van der Waals surface area contributed by atoms with Crippen LogP contribution in [0.4, 0.5) is 10.5 Å². The van der Waals surface area contributed by atoms with Gasteiger partial charge in [-0.05, 0) is 37.6 Å². The Kier molecular flexibility index (Phi) is 5.26. The molecule has 0 radical (unpaired) electrons. The molecule has 1 atom stereocenters. The highest BCUT2D eigenvalue weighted by molar-refractivity contribution is 5.89. The van der Waals surface area contributed by atoms with Crippen LogP contribution in [0, 0.1) is 6.92 Å². The number of carbonyl (C=O) groups is 1. The van der Waals surface area contributed by atoms with E-state index in [-0.39, 0.29) is 24.2 Å². The minimum absolute atomic E-state index is 0.213. The average molecular weight is 351 g/mol. The first-order chi connectivity index (χ1) is 12.6. The standard InChI is InChI=1S/C19H21N5O2/c1-3-14(20-19(26)21-15-10-8-13(2)9-11-15)12-24-18(25)16-6-4-5-7-17(16)22-23-24/h4-11,14H,3,12H2,1-2H3,(H2,20,21,26)/t14-/m1/s1. The third kappa shape index (κ3) is 4.05. The van der Waals surface area contributed by atoms with Crippen LogP contribution in [0.15, 0.2) is 53.3 Å². The maximum atomic E-state index is 12.5. The number of nitrogens with one attached hydrogen (secondary N) is 2. The van der Waals surface area contributed by atoms with Crippen molar-refractivity contribution in [2.45, 2.75) is 32.9 Å². The van der Waals surface area contributed by atoms with E-state index in [9.17, 15) is 9.59 Å². The van der Waals surface area contributed by atoms with Crippen LogP contribution in [0.2, 0.25) is 0 Å². The smallest absolute Gasteiger partial charge is 0.319 e. The fraction of sp³-hybridized carbons (Fsp3) is 0.263. The van der Waals surface area contributed by atoms with E-state index in [1.165, 1.54) is 4.68 Å². The highest BCUT2D eigenvalue weighted by Crippen LogP contribution is 2.09. The van der Waals surface area contributed by atoms with Crippen molar-refractivity contribution in [3.63, 3.8) is 0 Å². The van der Waals surface area contributed by atoms with Crippen molar-refractivity contribution in [3.8, 4) is 0 Å². The molecule has 0 spiro atoms. The maximum Gasteiger partial charge on any atom is 0.319 e. The lowest BCUT2D eigenvalue weighted by molar-refractivity contribution is 0.245. The molecule has 0 unspecified atom stereocenters. The largest absolute Gasteiger partial charge is 0.333 e. The highest BCUT2D eigenvalue weighted by Gasteiger charge is 2.14. The quantitative estimate of drug-likeness (QED) is 0.740. The fourth-order valence-corrected chi connectivity index (χ4v) is 2.62. The molecule has 0 fully saturated rings. The zero-order valence-electron chi connectivity index (χ0n) is 14.8. The second kappa shape index (κ2) is 7.77. The first-order valence-electron chi connectivity index (χ1n) is 8.53. The monoisotopic (exact) mass is 351 g/mol. The molecule has 2 N–H and O–H groups in total. The van der Waals surface area contributed by atoms with Gasteiger partial charge in [0.2, 0.25) is 0 Å². The summed E-state index contributed by atoms with van der Waals surface area (Å²) < 4.78 is 1.29. The summed E-state index contributed by atoms with van der Waals surface area (Å²) in [5.74, 6) is 0. The van der Waals surface area contributed by atoms with Gasteiger partial charge in [0.25, 0.3) is 5.56 Å². The number of anilines is 1. The van der Waals surface area contributed by atoms with Crippen molar-refractivity contribution < 1.29 is 4.79 Å². The summed E-state index contributed by atoms with van der Waals surface area (Å²) in [5.41, 5.74) is 2.18. The molecule has 0 saturated heterocycles. The normalized spacial score (nSPS) is 11.9. The molecular weight excluding hydrogens is 330 g/mol. The van der Waals surface area contributed by atoms with Gasteiger partial charge in [-0.3, -0.25) is 4.79 Å². The molecule has 26 heavy (non-hydrogen) atoms. The number of amides is 2. The van der Waals surface area contributed by atoms with Gasteiger partial charge >= 0.3 is 6.03 Å². The van der Waals surface area contributed by atoms with E-state index in [1.807, 2.05) is 44.2 Å². The third-order valence-electron chi connectivity index (χ3n) is 4.16. The molecule has 3 aromatic rings. The molecule has 0 bridgehead atoms. The molecule has 2 aromatic carbocycles. The molecule has 134 valence electrons. The summed E-state index contributed by atoms with van der Waals surface area (Å²) in [6.45, 7) is 4.18. The number of urea groups is 1. The van der Waals surface area contributed by atoms with Gasteiger partial charge in [-0.2, -0.15) is 0 Å². The van der Waals surface area contributed by atoms with E-state index >= 15 is 0 Å². The van der Waals surface area contributed by atoms with E-state index in [4.69, 9.17) is 0 Å². The van der Waals surface area contributed by atoms with Gasteiger partial charge in [0.15, 0.2) is 0 Å². The summed E-state index contributed by atoms with van der Waals surface area (Å²) in [5, 5.41) is 14.2. The predicted molar refractivity (Wildman–Crippen MR) is 101 cm³/mol. The Hall–Kier alpha value is -3.22. The van der Waals surface area contributed by atoms with Crippen LogP contribution in [0.5, 0.6) is 0 Å². The Morgan fingerprint density at radius 1 is 1.15 bits per heavy atom. The van der Waals surface area contributed by atoms with Crippen LogP contribution < -0.4 is 16.2 Å². The Morgan fingerprint density at radius 3 is 2.62 bits per heavy atom. The minimum Gasteiger partial charge on any atom is -0.333 e. The molecule has 1 aromatic heterocycles. The van der Waals surface area contributed by atoms with Crippen molar-refractivity contribution >= 4 is 22.6 Å². The van der Waals surface area contributed by atoms with Crippen LogP contribution in [0.3, 0.4) is 0 Å². The second-order valence-electron chi connectivity index (χ2n) is 6.16. The number of fused-ring (bicyclic) bond motifs is 1. The number of aromatic nitrogens is 3. The number of hydrogen-bond acceptors (Lipinski definition) is 4. The number of carbonyl (C=O) groups excluding carboxylic acids is 1. The van der Waals surface area contributed by atoms with E-state index in [2.05, 4.69) is 20.9 Å². The molecule has 3 rings (SSSR count). The lowest BCUT2D eigenvalue weighted by Crippen LogP contribution is -2.42. The Labute approximate surface area is 151 Å². The van der Waals surface area contributed by atoms with Gasteiger partial charge in [0.05, 0.1) is 18.0 Å². The van der Waals surface area contributed by atoms with Crippen molar-refractivity contribution in [2.75, 3.05) is 5.32 Å². The molecule has 7 heteroatoms. The molecule has 7 nitrogen and oxygen atoms in total. The number of aryl methyl sites for hydroxylation is 1. The van der Waals surface area contributed by atoms with Crippen molar-refractivity contribution in [3.05, 3.63) is 64.4 Å². The minimum atomic E-state index is -0.317. The van der Waals surface area contributed by atoms with Crippen LogP contribution in [0.25, 0.3) is 10.9 Å². The van der Waals surface area contributed by atoms with Gasteiger partial charge in [-0.15, -0.1) is 5.10 Å². The van der Waals surface area contributed by atoms with Crippen LogP contribution >= 0.6 is 0 Å². The topological polar surface area (TPSA) is 88.9 Å². The van der Waals surface area contributed by atoms with Crippen LogP contribution in [-0.2, 0) is 6.54 Å². The van der Waals surface area contributed by atoms with Crippen molar-refractivity contribution in [2.24, 2.45) is 0 Å². The Balaban J connectivity index is 1.69. The SMILES string of the molecule is CC[C@H](Cn1nnc2ccccc2c1=O)NC(=O)Nc1ccc(C)cc1. The number of nitrogens with zero attached hydrogens (tertiary/aromatic N) is 3. The second-order valence-corrected chi connectivity index (χ2v) is 6.16. The predicted octanol–water partition coefficient (Wildman–Crippen LogP) is 2.70. The highest BCUT2D eigenvalue weighted by atomic mass is 16.2. The molecule has 0 aliphatic carbocycles. The summed E-state index contributed by atoms with van der Waals surface area (Å²) >= 11 is 0. The van der Waals surface area contributed by atoms with Crippen LogP contribution in [0.1, 0.15) is 18.9 Å². The average Bonchev–Trinajstić information content (AvgIpc) is 2.65. The van der Waals surface area contributed by atoms with Crippen molar-refractivity contribution in [1.82, 2.24) is 20.3 Å². The fourth-order valence-electron chi connectivity index (χ4n) is 2.62. The molecule has 2 amide bonds. The van der Waals surface area contributed by atoms with Crippen molar-refractivity contribution in [1.29, 1.82) is 0 Å². The van der Waals surface area contributed by atoms with Gasteiger partial charge in [0.1, 0.15) is 5.52 Å². The summed E-state index contributed by atoms with van der Waals surface area (Å²) in [6, 6.07) is 14.1. The molecule has 1 heterocycles. The third-order valence-corrected chi connectivity index (χ3v) is 4.16. The lowest BCUT2D eigenvalue weighted by Gasteiger charge is -2.18. The zero-order valence-corrected chi connectivity index (χ0v) is 14.8. The van der Waals surface area contributed by atoms with Gasteiger partial charge in [-0.1, -0.05) is 42.0 Å². The van der Waals surface area contributed by atoms with E-state index in [1.54, 1.807) is 18.2 Å². The summed E-state index contributed by atoms with van der Waals surface area (Å²) in [7, 11) is 0. The van der Waals surface area contributed by atoms with Gasteiger partial charge in [0, 0.05) is 5.69 Å². The van der Waals surface area contributed by atoms with Gasteiger partial charge < -0.3 is 10.6 Å². The molecular formula is C19H21N5O2. The maximum absolute atomic E-state index is 12.5. The first kappa shape index (κ1) is 17.6. The summed E-state index contributed by atoms with van der Waals surface area (Å²) in [6.07, 6.45) is 0.655. The van der Waals surface area contributed by atoms with Crippen LogP contribution in [-0.4, -0.2) is 27.1 Å². The number of hydrogen-bond donors (Lipinski definition) is 2. The first-order valence-corrected chi connectivity index (χ1v) is 8.53. The number of benzene rings is 2. The lowest BCUT2D eigenvalue weighted by atomic mass is 10.2. The van der Waals surface area contributed by atoms with Gasteiger partial charge in [-0.25, -0.2) is 9.48 Å².